The molecule has 2 aliphatic heterocycles. The molecule has 0 aromatic rings. The number of rotatable bonds is 6. The first-order valence-electron chi connectivity index (χ1n) is 8.57. The van der Waals surface area contributed by atoms with Crippen LogP contribution in [0.3, 0.4) is 0 Å². The molecule has 0 saturated carbocycles. The van der Waals surface area contributed by atoms with E-state index in [4.69, 9.17) is 14.2 Å². The van der Waals surface area contributed by atoms with E-state index in [2.05, 4.69) is 0 Å². The number of carbonyl (C=O) groups excluding carboxylic acids is 3. The van der Waals surface area contributed by atoms with Crippen LogP contribution in [-0.2, 0) is 28.6 Å². The zero-order valence-electron chi connectivity index (χ0n) is 15.4. The maximum absolute atomic E-state index is 12.7. The van der Waals surface area contributed by atoms with E-state index in [9.17, 15) is 14.4 Å². The Labute approximate surface area is 152 Å². The Morgan fingerprint density at radius 2 is 1.62 bits per heavy atom. The highest BCUT2D eigenvalue weighted by Crippen LogP contribution is 2.37. The van der Waals surface area contributed by atoms with Crippen LogP contribution in [0.1, 0.15) is 27.7 Å². The second kappa shape index (κ2) is 8.51. The van der Waals surface area contributed by atoms with Gasteiger partial charge in [0, 0.05) is 11.9 Å². The van der Waals surface area contributed by atoms with Crippen LogP contribution < -0.4 is 0 Å². The van der Waals surface area contributed by atoms with Gasteiger partial charge in [0.1, 0.15) is 5.92 Å². The van der Waals surface area contributed by atoms with Crippen LogP contribution in [0.2, 0.25) is 0 Å². The molecule has 140 valence electrons. The van der Waals surface area contributed by atoms with Gasteiger partial charge in [-0.25, -0.2) is 9.59 Å². The highest BCUT2D eigenvalue weighted by Gasteiger charge is 2.43. The van der Waals surface area contributed by atoms with Gasteiger partial charge in [0.15, 0.2) is 0 Å². The number of hydrogen-bond acceptors (Lipinski definition) is 7. The Kier molecular flexibility index (Phi) is 6.38. The monoisotopic (exact) mass is 361 g/mol. The number of fused-ring (bicyclic) bond motifs is 1. The van der Waals surface area contributed by atoms with E-state index in [1.165, 1.54) is 6.20 Å². The van der Waals surface area contributed by atoms with Crippen molar-refractivity contribution in [2.75, 3.05) is 19.8 Å². The zero-order chi connectivity index (χ0) is 19.3. The molecule has 0 aromatic carbocycles. The quantitative estimate of drug-likeness (QED) is 0.530. The maximum atomic E-state index is 12.7. The number of hydrogen-bond donors (Lipinski definition) is 0. The summed E-state index contributed by atoms with van der Waals surface area (Å²) in [5, 5.41) is 0. The lowest BCUT2D eigenvalue weighted by molar-refractivity contribution is -0.151. The highest BCUT2D eigenvalue weighted by atomic mass is 16.5. The fourth-order valence-corrected chi connectivity index (χ4v) is 2.82. The van der Waals surface area contributed by atoms with Gasteiger partial charge < -0.3 is 19.1 Å². The summed E-state index contributed by atoms with van der Waals surface area (Å²) in [5.74, 6) is -3.23. The fourth-order valence-electron chi connectivity index (χ4n) is 2.82. The molecule has 7 heteroatoms. The summed E-state index contributed by atoms with van der Waals surface area (Å²) < 4.78 is 15.4. The summed E-state index contributed by atoms with van der Waals surface area (Å²) in [6.45, 7) is 7.24. The molecule has 0 radical (unpaired) electrons. The van der Waals surface area contributed by atoms with Crippen LogP contribution in [0, 0.1) is 5.92 Å². The molecule has 2 rings (SSSR count). The lowest BCUT2D eigenvalue weighted by Gasteiger charge is -2.34. The van der Waals surface area contributed by atoms with Crippen molar-refractivity contribution in [1.29, 1.82) is 0 Å². The van der Waals surface area contributed by atoms with E-state index < -0.39 is 23.8 Å². The van der Waals surface area contributed by atoms with Crippen molar-refractivity contribution >= 4 is 17.9 Å². The first-order valence-corrected chi connectivity index (χ1v) is 8.57. The van der Waals surface area contributed by atoms with E-state index in [1.807, 2.05) is 13.0 Å². The average Bonchev–Trinajstić information content (AvgIpc) is 2.61. The Balaban J connectivity index is 2.64. The van der Waals surface area contributed by atoms with Crippen molar-refractivity contribution in [3.63, 3.8) is 0 Å². The summed E-state index contributed by atoms with van der Waals surface area (Å²) >= 11 is 0. The molecule has 26 heavy (non-hydrogen) atoms. The zero-order valence-corrected chi connectivity index (χ0v) is 15.4. The lowest BCUT2D eigenvalue weighted by Crippen LogP contribution is -2.38. The van der Waals surface area contributed by atoms with Gasteiger partial charge in [0.05, 0.1) is 36.7 Å². The molecule has 0 amide bonds. The molecule has 2 heterocycles. The third-order valence-electron chi connectivity index (χ3n) is 3.90. The smallest absolute Gasteiger partial charge is 0.337 e. The summed E-state index contributed by atoms with van der Waals surface area (Å²) in [5.41, 5.74) is 1.38. The van der Waals surface area contributed by atoms with Crippen molar-refractivity contribution in [1.82, 2.24) is 4.90 Å². The molecular formula is C19H23NO6. The van der Waals surface area contributed by atoms with Gasteiger partial charge >= 0.3 is 17.9 Å². The molecule has 0 bridgehead atoms. The van der Waals surface area contributed by atoms with Crippen molar-refractivity contribution in [3.8, 4) is 0 Å². The summed E-state index contributed by atoms with van der Waals surface area (Å²) in [7, 11) is 0. The number of carbonyl (C=O) groups is 3. The van der Waals surface area contributed by atoms with E-state index in [-0.39, 0.29) is 31.0 Å². The third-order valence-corrected chi connectivity index (χ3v) is 3.90. The summed E-state index contributed by atoms with van der Waals surface area (Å²) in [6, 6.07) is 0. The number of ether oxygens (including phenoxy) is 3. The Hall–Kier alpha value is -2.83. The lowest BCUT2D eigenvalue weighted by atomic mass is 9.85. The summed E-state index contributed by atoms with van der Waals surface area (Å²) in [6.07, 6.45) is 6.82. The van der Waals surface area contributed by atoms with Crippen LogP contribution >= 0.6 is 0 Å². The van der Waals surface area contributed by atoms with Crippen molar-refractivity contribution in [3.05, 3.63) is 47.0 Å². The van der Waals surface area contributed by atoms with Gasteiger partial charge in [0.2, 0.25) is 0 Å². The Bertz CT molecular complexity index is 728. The molecule has 2 aliphatic rings. The van der Waals surface area contributed by atoms with Crippen LogP contribution in [0.4, 0.5) is 0 Å². The second-order valence-electron chi connectivity index (χ2n) is 5.55. The van der Waals surface area contributed by atoms with E-state index in [0.29, 0.717) is 5.70 Å². The average molecular weight is 361 g/mol. The van der Waals surface area contributed by atoms with Crippen molar-refractivity contribution in [2.45, 2.75) is 27.7 Å². The van der Waals surface area contributed by atoms with Gasteiger partial charge in [-0.15, -0.1) is 0 Å². The topological polar surface area (TPSA) is 82.1 Å². The van der Waals surface area contributed by atoms with Crippen LogP contribution in [0.5, 0.6) is 0 Å². The first kappa shape index (κ1) is 19.5. The molecular weight excluding hydrogens is 338 g/mol. The summed E-state index contributed by atoms with van der Waals surface area (Å²) in [4.78, 5) is 39.4. The van der Waals surface area contributed by atoms with Gasteiger partial charge in [-0.3, -0.25) is 4.79 Å². The highest BCUT2D eigenvalue weighted by molar-refractivity contribution is 6.05. The van der Waals surface area contributed by atoms with E-state index >= 15 is 0 Å². The molecule has 0 aromatic heterocycles. The normalized spacial score (nSPS) is 18.6. The van der Waals surface area contributed by atoms with Gasteiger partial charge in [-0.2, -0.15) is 0 Å². The minimum atomic E-state index is -1.20. The number of esters is 3. The van der Waals surface area contributed by atoms with E-state index in [0.717, 1.165) is 5.70 Å². The number of allylic oxidation sites excluding steroid dienone is 4. The molecule has 7 nitrogen and oxygen atoms in total. The largest absolute Gasteiger partial charge is 0.465 e. The maximum Gasteiger partial charge on any atom is 0.337 e. The van der Waals surface area contributed by atoms with Gasteiger partial charge in [-0.1, -0.05) is 6.08 Å². The predicted octanol–water partition coefficient (Wildman–Crippen LogP) is 2.22. The van der Waals surface area contributed by atoms with Crippen molar-refractivity contribution in [2.24, 2.45) is 5.92 Å². The molecule has 0 N–H and O–H groups in total. The molecule has 0 aliphatic carbocycles. The van der Waals surface area contributed by atoms with E-state index in [1.54, 1.807) is 37.8 Å². The Morgan fingerprint density at radius 1 is 1.00 bits per heavy atom. The molecule has 0 spiro atoms. The minimum Gasteiger partial charge on any atom is -0.465 e. The fraction of sp³-hybridized carbons (Fsp3) is 0.421. The number of nitrogens with zero attached hydrogens (tertiary/aromatic N) is 1. The standard InChI is InChI=1S/C19H23NO6/c1-5-24-17(21)13-11-20-12(4)9-8-10-14(20)16(19(23)26-7-3)15(13)18(22)25-6-2/h8-11,15H,5-7H2,1-4H3/t15-/m0/s1. The van der Waals surface area contributed by atoms with Crippen LogP contribution in [0.15, 0.2) is 47.0 Å². The Morgan fingerprint density at radius 3 is 2.23 bits per heavy atom. The van der Waals surface area contributed by atoms with Gasteiger partial charge in [0.25, 0.3) is 0 Å². The molecule has 0 fully saturated rings. The second-order valence-corrected chi connectivity index (χ2v) is 5.55. The predicted molar refractivity (Wildman–Crippen MR) is 93.2 cm³/mol. The van der Waals surface area contributed by atoms with Crippen molar-refractivity contribution < 1.29 is 28.6 Å². The van der Waals surface area contributed by atoms with Gasteiger partial charge in [-0.05, 0) is 39.8 Å². The molecule has 0 unspecified atom stereocenters. The minimum absolute atomic E-state index is 0.0418. The molecule has 0 saturated heterocycles. The molecule has 1 atom stereocenters. The van der Waals surface area contributed by atoms with Crippen LogP contribution in [-0.4, -0.2) is 42.6 Å². The SMILES string of the molecule is CCOC(=O)C1=CN2C(C)=CC=CC2=C(C(=O)OCC)[C@H]1C(=O)OCC. The first-order chi connectivity index (χ1) is 12.5. The van der Waals surface area contributed by atoms with Crippen LogP contribution in [0.25, 0.3) is 0 Å². The third kappa shape index (κ3) is 3.71.